The molecule has 2 aromatic rings. The van der Waals surface area contributed by atoms with Crippen molar-refractivity contribution in [2.45, 2.75) is 120 Å². The van der Waals surface area contributed by atoms with E-state index in [4.69, 9.17) is 10.00 Å². The van der Waals surface area contributed by atoms with Crippen molar-refractivity contribution >= 4 is 21.6 Å². The van der Waals surface area contributed by atoms with Crippen LogP contribution < -0.4 is 10.1 Å². The Balaban J connectivity index is 0. The molecule has 0 amide bonds. The summed E-state index contributed by atoms with van der Waals surface area (Å²) in [5.74, 6) is 0.844. The summed E-state index contributed by atoms with van der Waals surface area (Å²) in [4.78, 5) is 11.5. The number of thiophene rings is 1. The van der Waals surface area contributed by atoms with Crippen molar-refractivity contribution in [2.75, 3.05) is 13.1 Å². The molecule has 0 aliphatic heterocycles. The predicted octanol–water partition coefficient (Wildman–Crippen LogP) is 8.12. The second-order valence-corrected chi connectivity index (χ2v) is 8.25. The van der Waals surface area contributed by atoms with E-state index in [1.165, 1.54) is 80.5 Å². The largest absolute Gasteiger partial charge is 0.474 e. The molecule has 1 N–H and O–H groups in total. The third kappa shape index (κ3) is 11.8. The van der Waals surface area contributed by atoms with Crippen LogP contribution in [0.1, 0.15) is 111 Å². The van der Waals surface area contributed by atoms with Gasteiger partial charge in [-0.05, 0) is 70.0 Å². The zero-order valence-electron chi connectivity index (χ0n) is 21.6. The Bertz CT molecular complexity index is 744. The van der Waals surface area contributed by atoms with Crippen LogP contribution in [0.5, 0.6) is 5.88 Å². The van der Waals surface area contributed by atoms with Crippen LogP contribution in [-0.4, -0.2) is 29.2 Å². The molecule has 1 fully saturated rings. The SMILES string of the molecule is C.CC.CC.CC#N.CCCNCC.c1nc(OC2CCCCC2)c2c3c(sc2n1)CCC3. The fraction of sp³-hybridized carbons (Fsp3) is 0.741. The van der Waals surface area contributed by atoms with E-state index < -0.39 is 0 Å². The zero-order chi connectivity index (χ0) is 24.2. The number of aryl methyl sites for hydroxylation is 2. The molecule has 0 saturated heterocycles. The smallest absolute Gasteiger partial charge is 0.225 e. The van der Waals surface area contributed by atoms with Crippen LogP contribution in [0.3, 0.4) is 0 Å². The van der Waals surface area contributed by atoms with Gasteiger partial charge in [-0.15, -0.1) is 11.3 Å². The molecule has 2 heterocycles. The number of ether oxygens (including phenoxy) is 1. The molecule has 1 saturated carbocycles. The van der Waals surface area contributed by atoms with Crippen LogP contribution in [0.15, 0.2) is 6.33 Å². The van der Waals surface area contributed by atoms with Crippen molar-refractivity contribution < 1.29 is 4.74 Å². The minimum absolute atomic E-state index is 0. The Morgan fingerprint density at radius 3 is 2.24 bits per heavy atom. The maximum atomic E-state index is 7.32. The maximum Gasteiger partial charge on any atom is 0.225 e. The zero-order valence-corrected chi connectivity index (χ0v) is 22.4. The van der Waals surface area contributed by atoms with Gasteiger partial charge < -0.3 is 10.1 Å². The van der Waals surface area contributed by atoms with Crippen LogP contribution in [0.4, 0.5) is 0 Å². The summed E-state index contributed by atoms with van der Waals surface area (Å²) in [5, 5.41) is 11.7. The number of nitrogens with zero attached hydrogens (tertiary/aromatic N) is 3. The van der Waals surface area contributed by atoms with Gasteiger partial charge in [0.15, 0.2) is 0 Å². The monoisotopic (exact) mass is 478 g/mol. The molecule has 6 heteroatoms. The maximum absolute atomic E-state index is 7.32. The van der Waals surface area contributed by atoms with Gasteiger partial charge >= 0.3 is 0 Å². The molecule has 2 aliphatic rings. The highest BCUT2D eigenvalue weighted by Gasteiger charge is 2.23. The van der Waals surface area contributed by atoms with Crippen LogP contribution in [-0.2, 0) is 12.8 Å². The van der Waals surface area contributed by atoms with Gasteiger partial charge in [0, 0.05) is 11.8 Å². The fourth-order valence-corrected chi connectivity index (χ4v) is 4.90. The van der Waals surface area contributed by atoms with Gasteiger partial charge in [0.25, 0.3) is 0 Å². The van der Waals surface area contributed by atoms with Crippen LogP contribution in [0, 0.1) is 11.3 Å². The Morgan fingerprint density at radius 2 is 1.70 bits per heavy atom. The summed E-state index contributed by atoms with van der Waals surface area (Å²) < 4.78 is 6.21. The molecule has 190 valence electrons. The Morgan fingerprint density at radius 1 is 1.06 bits per heavy atom. The summed E-state index contributed by atoms with van der Waals surface area (Å²) in [7, 11) is 0. The average molecular weight is 479 g/mol. The predicted molar refractivity (Wildman–Crippen MR) is 146 cm³/mol. The third-order valence-electron chi connectivity index (χ3n) is 4.97. The number of hydrogen-bond donors (Lipinski definition) is 1. The molecule has 0 bridgehead atoms. The first-order valence-electron chi connectivity index (χ1n) is 12.7. The van der Waals surface area contributed by atoms with Gasteiger partial charge in [-0.1, -0.05) is 55.4 Å². The van der Waals surface area contributed by atoms with E-state index >= 15 is 0 Å². The quantitative estimate of drug-likeness (QED) is 0.439. The van der Waals surface area contributed by atoms with E-state index in [1.54, 1.807) is 12.4 Å². The van der Waals surface area contributed by atoms with Crippen LogP contribution >= 0.6 is 11.3 Å². The molecule has 0 atom stereocenters. The fourth-order valence-electron chi connectivity index (χ4n) is 3.68. The van der Waals surface area contributed by atoms with Crippen molar-refractivity contribution in [3.8, 4) is 11.9 Å². The highest BCUT2D eigenvalue weighted by atomic mass is 32.1. The van der Waals surface area contributed by atoms with Gasteiger partial charge in [0.05, 0.1) is 11.5 Å². The topological polar surface area (TPSA) is 70.8 Å². The summed E-state index contributed by atoms with van der Waals surface area (Å²) in [5.41, 5.74) is 1.46. The molecule has 2 aromatic heterocycles. The van der Waals surface area contributed by atoms with Crippen molar-refractivity contribution in [2.24, 2.45) is 0 Å². The van der Waals surface area contributed by atoms with Gasteiger partial charge in [-0.2, -0.15) is 5.26 Å². The van der Waals surface area contributed by atoms with E-state index in [0.29, 0.717) is 6.10 Å². The van der Waals surface area contributed by atoms with Crippen LogP contribution in [0.2, 0.25) is 0 Å². The molecule has 0 aromatic carbocycles. The Labute approximate surface area is 208 Å². The Kier molecular flexibility index (Phi) is 22.4. The molecule has 0 spiro atoms. The summed E-state index contributed by atoms with van der Waals surface area (Å²) in [6.45, 7) is 16.0. The Hall–Kier alpha value is -1.71. The summed E-state index contributed by atoms with van der Waals surface area (Å²) in [6.07, 6.45) is 13.2. The van der Waals surface area contributed by atoms with Gasteiger partial charge in [0.1, 0.15) is 17.3 Å². The van der Waals surface area contributed by atoms with E-state index in [9.17, 15) is 0 Å². The molecule has 4 rings (SSSR count). The molecular formula is C27H50N4OS. The van der Waals surface area contributed by atoms with E-state index in [2.05, 4.69) is 29.1 Å². The molecular weight excluding hydrogens is 428 g/mol. The summed E-state index contributed by atoms with van der Waals surface area (Å²) in [6, 6.07) is 1.75. The first-order valence-corrected chi connectivity index (χ1v) is 13.5. The first-order chi connectivity index (χ1) is 15.7. The summed E-state index contributed by atoms with van der Waals surface area (Å²) >= 11 is 1.83. The first kappa shape index (κ1) is 33.5. The lowest BCUT2D eigenvalue weighted by Gasteiger charge is -2.22. The molecule has 33 heavy (non-hydrogen) atoms. The highest BCUT2D eigenvalue weighted by molar-refractivity contribution is 7.18. The number of hydrogen-bond acceptors (Lipinski definition) is 6. The second-order valence-electron chi connectivity index (χ2n) is 7.17. The van der Waals surface area contributed by atoms with E-state index in [-0.39, 0.29) is 7.43 Å². The molecule has 5 nitrogen and oxygen atoms in total. The molecule has 0 unspecified atom stereocenters. The average Bonchev–Trinajstić information content (AvgIpc) is 3.44. The van der Waals surface area contributed by atoms with Crippen molar-refractivity contribution in [1.29, 1.82) is 5.26 Å². The number of aromatic nitrogens is 2. The lowest BCUT2D eigenvalue weighted by Crippen LogP contribution is -2.20. The lowest BCUT2D eigenvalue weighted by atomic mass is 9.98. The number of nitriles is 1. The van der Waals surface area contributed by atoms with E-state index in [1.807, 2.05) is 39.0 Å². The van der Waals surface area contributed by atoms with Gasteiger partial charge in [0.2, 0.25) is 5.88 Å². The normalized spacial score (nSPS) is 13.6. The minimum Gasteiger partial charge on any atom is -0.474 e. The standard InChI is InChI=1S/C15H18N2OS.C5H13N.C2H3N.2C2H6.CH4/c1-2-5-10(6-3-1)18-14-13-11-7-4-8-12(11)19-15(13)17-9-16-14;1-3-5-6-4-2;1-2-3;2*1-2;/h9-10H,1-8H2;6H,3-5H2,1-2H3;1H3;2*1-2H3;1H4. The molecule has 2 aliphatic carbocycles. The second kappa shape index (κ2) is 22.1. The van der Waals surface area contributed by atoms with Crippen LogP contribution in [0.25, 0.3) is 10.2 Å². The minimum atomic E-state index is 0. The van der Waals surface area contributed by atoms with Crippen molar-refractivity contribution in [3.63, 3.8) is 0 Å². The molecule has 0 radical (unpaired) electrons. The van der Waals surface area contributed by atoms with Crippen molar-refractivity contribution in [3.05, 3.63) is 16.8 Å². The third-order valence-corrected chi connectivity index (χ3v) is 6.17. The highest BCUT2D eigenvalue weighted by Crippen LogP contribution is 2.40. The van der Waals surface area contributed by atoms with Gasteiger partial charge in [-0.25, -0.2) is 9.97 Å². The lowest BCUT2D eigenvalue weighted by molar-refractivity contribution is 0.151. The van der Waals surface area contributed by atoms with Gasteiger partial charge in [-0.3, -0.25) is 0 Å². The van der Waals surface area contributed by atoms with Crippen molar-refractivity contribution in [1.82, 2.24) is 15.3 Å². The van der Waals surface area contributed by atoms with E-state index in [0.717, 1.165) is 23.8 Å². The number of fused-ring (bicyclic) bond motifs is 3. The number of nitrogens with one attached hydrogen (secondary N) is 1. The number of rotatable bonds is 5.